The topological polar surface area (TPSA) is 80.5 Å². The van der Waals surface area contributed by atoms with Crippen LogP contribution in [0, 0.1) is 0 Å². The Bertz CT molecular complexity index is 1020. The first-order chi connectivity index (χ1) is 11.7. The number of nitrogen functional groups attached to an aromatic ring is 1. The number of nitrogens with one attached hydrogen (secondary N) is 1. The summed E-state index contributed by atoms with van der Waals surface area (Å²) in [4.78, 5) is 9.17. The molecule has 0 unspecified atom stereocenters. The lowest BCUT2D eigenvalue weighted by Crippen LogP contribution is -1.95. The SMILES string of the molecule is Nc1cc(-c2n[nH]c(Cc3ccc4ccccc4n3)n2)ccc1Cl. The standard InChI is InChI=1S/C18H14ClN5/c19-14-8-6-12(9-15(14)20)18-22-17(23-24-18)10-13-7-5-11-3-1-2-4-16(11)21-13/h1-9H,10,20H2,(H,22,23,24). The van der Waals surface area contributed by atoms with E-state index in [9.17, 15) is 0 Å². The van der Waals surface area contributed by atoms with Crippen LogP contribution in [0.3, 0.4) is 0 Å². The molecule has 2 heterocycles. The van der Waals surface area contributed by atoms with Crippen LogP contribution in [-0.2, 0) is 6.42 Å². The summed E-state index contributed by atoms with van der Waals surface area (Å²) < 4.78 is 0. The van der Waals surface area contributed by atoms with E-state index in [1.165, 1.54) is 0 Å². The Morgan fingerprint density at radius 2 is 1.88 bits per heavy atom. The van der Waals surface area contributed by atoms with Crippen molar-refractivity contribution in [3.63, 3.8) is 0 Å². The average molecular weight is 336 g/mol. The molecule has 0 radical (unpaired) electrons. The van der Waals surface area contributed by atoms with Gasteiger partial charge in [-0.2, -0.15) is 5.10 Å². The highest BCUT2D eigenvalue weighted by atomic mass is 35.5. The molecule has 0 saturated heterocycles. The molecule has 0 aliphatic carbocycles. The van der Waals surface area contributed by atoms with E-state index in [-0.39, 0.29) is 0 Å². The highest BCUT2D eigenvalue weighted by Crippen LogP contribution is 2.24. The fourth-order valence-electron chi connectivity index (χ4n) is 2.56. The Kier molecular flexibility index (Phi) is 3.63. The zero-order valence-electron chi connectivity index (χ0n) is 12.7. The van der Waals surface area contributed by atoms with E-state index in [2.05, 4.69) is 26.2 Å². The van der Waals surface area contributed by atoms with Gasteiger partial charge < -0.3 is 5.73 Å². The third kappa shape index (κ3) is 2.81. The fourth-order valence-corrected chi connectivity index (χ4v) is 2.68. The second kappa shape index (κ2) is 5.94. The second-order valence-electron chi connectivity index (χ2n) is 5.51. The van der Waals surface area contributed by atoms with E-state index in [1.54, 1.807) is 12.1 Å². The van der Waals surface area contributed by atoms with Crippen molar-refractivity contribution in [2.75, 3.05) is 5.73 Å². The highest BCUT2D eigenvalue weighted by Gasteiger charge is 2.09. The van der Waals surface area contributed by atoms with Gasteiger partial charge in [0.1, 0.15) is 5.82 Å². The average Bonchev–Trinajstić information content (AvgIpc) is 3.06. The predicted octanol–water partition coefficient (Wildman–Crippen LogP) is 3.85. The number of hydrogen-bond acceptors (Lipinski definition) is 4. The van der Waals surface area contributed by atoms with Crippen LogP contribution in [0.2, 0.25) is 5.02 Å². The van der Waals surface area contributed by atoms with Gasteiger partial charge >= 0.3 is 0 Å². The van der Waals surface area contributed by atoms with Crippen molar-refractivity contribution >= 4 is 28.2 Å². The number of fused-ring (bicyclic) bond motifs is 1. The molecule has 4 rings (SSSR count). The number of aromatic nitrogens is 4. The van der Waals surface area contributed by atoms with Gasteiger partial charge in [0.25, 0.3) is 0 Å². The smallest absolute Gasteiger partial charge is 0.181 e. The zero-order chi connectivity index (χ0) is 16.5. The number of aromatic amines is 1. The Hall–Kier alpha value is -2.92. The maximum absolute atomic E-state index is 5.95. The van der Waals surface area contributed by atoms with E-state index in [1.807, 2.05) is 36.4 Å². The summed E-state index contributed by atoms with van der Waals surface area (Å²) in [6.07, 6.45) is 0.584. The first kappa shape index (κ1) is 14.7. The van der Waals surface area contributed by atoms with Gasteiger partial charge in [0.2, 0.25) is 0 Å². The molecule has 0 atom stereocenters. The number of anilines is 1. The molecule has 0 saturated carbocycles. The van der Waals surface area contributed by atoms with E-state index < -0.39 is 0 Å². The minimum Gasteiger partial charge on any atom is -0.398 e. The summed E-state index contributed by atoms with van der Waals surface area (Å²) in [7, 11) is 0. The zero-order valence-corrected chi connectivity index (χ0v) is 13.5. The number of para-hydroxylation sites is 1. The maximum Gasteiger partial charge on any atom is 0.181 e. The van der Waals surface area contributed by atoms with Crippen LogP contribution in [-0.4, -0.2) is 20.2 Å². The molecule has 2 aromatic carbocycles. The van der Waals surface area contributed by atoms with Crippen LogP contribution < -0.4 is 5.73 Å². The molecular weight excluding hydrogens is 322 g/mol. The molecule has 0 aliphatic heterocycles. The van der Waals surface area contributed by atoms with Crippen LogP contribution in [0.4, 0.5) is 5.69 Å². The normalized spacial score (nSPS) is 11.0. The van der Waals surface area contributed by atoms with Crippen LogP contribution in [0.25, 0.3) is 22.3 Å². The van der Waals surface area contributed by atoms with Gasteiger partial charge in [-0.15, -0.1) is 0 Å². The van der Waals surface area contributed by atoms with Crippen molar-refractivity contribution < 1.29 is 0 Å². The molecular formula is C18H14ClN5. The largest absolute Gasteiger partial charge is 0.398 e. The summed E-state index contributed by atoms with van der Waals surface area (Å²) in [5.74, 6) is 1.34. The van der Waals surface area contributed by atoms with E-state index >= 15 is 0 Å². The lowest BCUT2D eigenvalue weighted by Gasteiger charge is -2.01. The van der Waals surface area contributed by atoms with Gasteiger partial charge in [-0.1, -0.05) is 35.9 Å². The molecule has 2 aromatic heterocycles. The third-order valence-electron chi connectivity index (χ3n) is 3.79. The molecule has 0 spiro atoms. The highest BCUT2D eigenvalue weighted by molar-refractivity contribution is 6.33. The summed E-state index contributed by atoms with van der Waals surface area (Å²) in [5.41, 5.74) is 9.08. The molecule has 6 heteroatoms. The fraction of sp³-hybridized carbons (Fsp3) is 0.0556. The summed E-state index contributed by atoms with van der Waals surface area (Å²) in [6.45, 7) is 0. The number of rotatable bonds is 3. The number of hydrogen-bond donors (Lipinski definition) is 2. The molecule has 0 amide bonds. The van der Waals surface area contributed by atoms with Crippen molar-refractivity contribution in [1.82, 2.24) is 20.2 Å². The van der Waals surface area contributed by atoms with E-state index in [0.29, 0.717) is 23.0 Å². The molecule has 4 aromatic rings. The predicted molar refractivity (Wildman–Crippen MR) is 95.8 cm³/mol. The Morgan fingerprint density at radius 3 is 2.75 bits per heavy atom. The summed E-state index contributed by atoms with van der Waals surface area (Å²) in [5, 5.41) is 8.86. The van der Waals surface area contributed by atoms with Crippen molar-refractivity contribution in [2.45, 2.75) is 6.42 Å². The first-order valence-corrected chi connectivity index (χ1v) is 7.88. The maximum atomic E-state index is 5.95. The van der Waals surface area contributed by atoms with Crippen LogP contribution in [0.1, 0.15) is 11.5 Å². The number of pyridine rings is 1. The van der Waals surface area contributed by atoms with Gasteiger partial charge in [-0.25, -0.2) is 4.98 Å². The summed E-state index contributed by atoms with van der Waals surface area (Å²) >= 11 is 5.95. The van der Waals surface area contributed by atoms with E-state index in [0.717, 1.165) is 28.0 Å². The van der Waals surface area contributed by atoms with Crippen LogP contribution >= 0.6 is 11.6 Å². The minimum atomic E-state index is 0.511. The third-order valence-corrected chi connectivity index (χ3v) is 4.13. The number of benzene rings is 2. The molecule has 0 aliphatic rings. The number of nitrogens with two attached hydrogens (primary N) is 1. The van der Waals surface area contributed by atoms with Crippen LogP contribution in [0.5, 0.6) is 0 Å². The monoisotopic (exact) mass is 335 g/mol. The van der Waals surface area contributed by atoms with Gasteiger partial charge in [0.05, 0.1) is 16.2 Å². The number of nitrogens with zero attached hydrogens (tertiary/aromatic N) is 3. The van der Waals surface area contributed by atoms with Crippen molar-refractivity contribution in [3.8, 4) is 11.4 Å². The first-order valence-electron chi connectivity index (χ1n) is 7.50. The molecule has 0 bridgehead atoms. The molecule has 118 valence electrons. The minimum absolute atomic E-state index is 0.511. The summed E-state index contributed by atoms with van der Waals surface area (Å²) in [6, 6.07) is 17.5. The Morgan fingerprint density at radius 1 is 1.00 bits per heavy atom. The number of H-pyrrole nitrogens is 1. The molecule has 3 N–H and O–H groups in total. The van der Waals surface area contributed by atoms with E-state index in [4.69, 9.17) is 17.3 Å². The lowest BCUT2D eigenvalue weighted by atomic mass is 10.2. The number of halogens is 1. The van der Waals surface area contributed by atoms with Gasteiger partial charge in [0.15, 0.2) is 5.82 Å². The van der Waals surface area contributed by atoms with Crippen LogP contribution in [0.15, 0.2) is 54.6 Å². The Labute approximate surface area is 143 Å². The second-order valence-corrected chi connectivity index (χ2v) is 5.92. The van der Waals surface area contributed by atoms with Crippen molar-refractivity contribution in [2.24, 2.45) is 0 Å². The quantitative estimate of drug-likeness (QED) is 0.557. The van der Waals surface area contributed by atoms with Gasteiger partial charge in [-0.05, 0) is 30.3 Å². The molecule has 5 nitrogen and oxygen atoms in total. The molecule has 0 fully saturated rings. The van der Waals surface area contributed by atoms with Gasteiger partial charge in [-0.3, -0.25) is 10.1 Å². The Balaban J connectivity index is 1.61. The van der Waals surface area contributed by atoms with Gasteiger partial charge in [0, 0.05) is 23.1 Å². The van der Waals surface area contributed by atoms with Crippen molar-refractivity contribution in [3.05, 3.63) is 71.1 Å². The van der Waals surface area contributed by atoms with Crippen molar-refractivity contribution in [1.29, 1.82) is 0 Å². The molecule has 24 heavy (non-hydrogen) atoms. The lowest BCUT2D eigenvalue weighted by molar-refractivity contribution is 0.948.